The summed E-state index contributed by atoms with van der Waals surface area (Å²) in [7, 11) is 1.77. The summed E-state index contributed by atoms with van der Waals surface area (Å²) in [6, 6.07) is 1.85. The van der Waals surface area contributed by atoms with Crippen LogP contribution in [0, 0.1) is 0 Å². The van der Waals surface area contributed by atoms with Gasteiger partial charge in [-0.25, -0.2) is 0 Å². The van der Waals surface area contributed by atoms with Gasteiger partial charge in [0.15, 0.2) is 0 Å². The Kier molecular flexibility index (Phi) is 2.58. The van der Waals surface area contributed by atoms with Crippen molar-refractivity contribution in [3.8, 4) is 5.75 Å². The lowest BCUT2D eigenvalue weighted by atomic mass is 10.2. The number of aryl methyl sites for hydroxylation is 1. The first kappa shape index (κ1) is 9.96. The number of aromatic nitrogens is 1. The first-order chi connectivity index (χ1) is 7.22. The molecule has 0 bridgehead atoms. The van der Waals surface area contributed by atoms with Crippen LogP contribution in [-0.4, -0.2) is 36.0 Å². The summed E-state index contributed by atoms with van der Waals surface area (Å²) in [4.78, 5) is 17.7. The molecule has 0 saturated heterocycles. The topological polar surface area (TPSA) is 42.4 Å². The summed E-state index contributed by atoms with van der Waals surface area (Å²) in [5, 5.41) is 0. The molecular weight excluding hydrogens is 192 g/mol. The normalized spacial score (nSPS) is 15.6. The highest BCUT2D eigenvalue weighted by Crippen LogP contribution is 2.22. The first-order valence-corrected chi connectivity index (χ1v) is 5.09. The van der Waals surface area contributed by atoms with E-state index < -0.39 is 0 Å². The minimum Gasteiger partial charge on any atom is -0.491 e. The molecule has 0 saturated carbocycles. The Labute approximate surface area is 88.9 Å². The molecular formula is C11H14N2O2. The Hall–Kier alpha value is -1.58. The number of hydrogen-bond donors (Lipinski definition) is 0. The minimum absolute atomic E-state index is 0.0161. The van der Waals surface area contributed by atoms with Gasteiger partial charge in [-0.05, 0) is 6.42 Å². The van der Waals surface area contributed by atoms with Crippen LogP contribution in [0.4, 0.5) is 0 Å². The van der Waals surface area contributed by atoms with Crippen molar-refractivity contribution < 1.29 is 9.53 Å². The minimum atomic E-state index is -0.0161. The van der Waals surface area contributed by atoms with Crippen LogP contribution in [0.5, 0.6) is 5.75 Å². The standard InChI is InChI=1S/C11H14N2O2/c1-3-8-6-10-9(7-12-8)11(14)13(2)4-5-15-10/h6-7H,3-5H2,1-2H3. The number of amides is 1. The molecule has 0 radical (unpaired) electrons. The van der Waals surface area contributed by atoms with Gasteiger partial charge in [0, 0.05) is 25.0 Å². The van der Waals surface area contributed by atoms with E-state index >= 15 is 0 Å². The monoisotopic (exact) mass is 206 g/mol. The molecule has 2 rings (SSSR count). The maximum Gasteiger partial charge on any atom is 0.259 e. The van der Waals surface area contributed by atoms with E-state index in [4.69, 9.17) is 4.74 Å². The molecule has 1 aliphatic heterocycles. The van der Waals surface area contributed by atoms with E-state index in [2.05, 4.69) is 4.98 Å². The third kappa shape index (κ3) is 1.79. The fourth-order valence-electron chi connectivity index (χ4n) is 1.55. The molecule has 1 amide bonds. The van der Waals surface area contributed by atoms with Crippen LogP contribution in [-0.2, 0) is 6.42 Å². The highest BCUT2D eigenvalue weighted by Gasteiger charge is 2.21. The van der Waals surface area contributed by atoms with Crippen molar-refractivity contribution in [1.82, 2.24) is 9.88 Å². The molecule has 0 aromatic carbocycles. The van der Waals surface area contributed by atoms with Crippen molar-refractivity contribution in [2.75, 3.05) is 20.2 Å². The molecule has 0 fully saturated rings. The van der Waals surface area contributed by atoms with Gasteiger partial charge in [0.2, 0.25) is 0 Å². The summed E-state index contributed by atoms with van der Waals surface area (Å²) in [5.41, 5.74) is 1.51. The van der Waals surface area contributed by atoms with E-state index in [1.54, 1.807) is 18.1 Å². The second-order valence-corrected chi connectivity index (χ2v) is 3.60. The number of rotatable bonds is 1. The van der Waals surface area contributed by atoms with E-state index in [-0.39, 0.29) is 5.91 Å². The molecule has 15 heavy (non-hydrogen) atoms. The van der Waals surface area contributed by atoms with Crippen LogP contribution >= 0.6 is 0 Å². The van der Waals surface area contributed by atoms with Gasteiger partial charge in [0.05, 0.1) is 12.1 Å². The zero-order chi connectivity index (χ0) is 10.8. The molecule has 0 atom stereocenters. The van der Waals surface area contributed by atoms with Gasteiger partial charge in [-0.2, -0.15) is 0 Å². The Morgan fingerprint density at radius 2 is 2.40 bits per heavy atom. The summed E-state index contributed by atoms with van der Waals surface area (Å²) in [5.74, 6) is 0.647. The average Bonchev–Trinajstić information content (AvgIpc) is 2.40. The summed E-state index contributed by atoms with van der Waals surface area (Å²) < 4.78 is 5.53. The third-order valence-corrected chi connectivity index (χ3v) is 2.55. The molecule has 4 heteroatoms. The highest BCUT2D eigenvalue weighted by atomic mass is 16.5. The molecule has 2 heterocycles. The first-order valence-electron chi connectivity index (χ1n) is 5.09. The second-order valence-electron chi connectivity index (χ2n) is 3.60. The molecule has 0 spiro atoms. The van der Waals surface area contributed by atoms with E-state index in [9.17, 15) is 4.79 Å². The Bertz CT molecular complexity index is 390. The highest BCUT2D eigenvalue weighted by molar-refractivity contribution is 5.96. The molecule has 0 aliphatic carbocycles. The number of likely N-dealkylation sites (N-methyl/N-ethyl adjacent to an activating group) is 1. The maximum absolute atomic E-state index is 11.8. The van der Waals surface area contributed by atoms with Crippen molar-refractivity contribution >= 4 is 5.91 Å². The van der Waals surface area contributed by atoms with Crippen LogP contribution in [0.3, 0.4) is 0 Å². The molecule has 1 aliphatic rings. The number of ether oxygens (including phenoxy) is 1. The fraction of sp³-hybridized carbons (Fsp3) is 0.455. The summed E-state index contributed by atoms with van der Waals surface area (Å²) in [6.07, 6.45) is 2.46. The number of hydrogen-bond acceptors (Lipinski definition) is 3. The van der Waals surface area contributed by atoms with Crippen LogP contribution in [0.1, 0.15) is 23.0 Å². The number of pyridine rings is 1. The lowest BCUT2D eigenvalue weighted by Crippen LogP contribution is -2.27. The third-order valence-electron chi connectivity index (χ3n) is 2.55. The Morgan fingerprint density at radius 1 is 1.60 bits per heavy atom. The van der Waals surface area contributed by atoms with Crippen molar-refractivity contribution in [3.63, 3.8) is 0 Å². The predicted octanol–water partition coefficient (Wildman–Crippen LogP) is 1.11. The van der Waals surface area contributed by atoms with E-state index in [1.807, 2.05) is 13.0 Å². The van der Waals surface area contributed by atoms with Crippen LogP contribution in [0.2, 0.25) is 0 Å². The Morgan fingerprint density at radius 3 is 3.13 bits per heavy atom. The van der Waals surface area contributed by atoms with Gasteiger partial charge in [-0.1, -0.05) is 6.92 Å². The Balaban J connectivity index is 2.44. The van der Waals surface area contributed by atoms with Gasteiger partial charge < -0.3 is 9.64 Å². The number of carbonyl (C=O) groups excluding carboxylic acids is 1. The largest absolute Gasteiger partial charge is 0.491 e. The smallest absolute Gasteiger partial charge is 0.259 e. The van der Waals surface area contributed by atoms with E-state index in [0.29, 0.717) is 24.5 Å². The van der Waals surface area contributed by atoms with Gasteiger partial charge in [-0.3, -0.25) is 9.78 Å². The SMILES string of the molecule is CCc1cc2c(cn1)C(=O)N(C)CCO2. The molecule has 1 aromatic rings. The molecule has 4 nitrogen and oxygen atoms in total. The fourth-order valence-corrected chi connectivity index (χ4v) is 1.55. The van der Waals surface area contributed by atoms with Crippen molar-refractivity contribution in [2.24, 2.45) is 0 Å². The zero-order valence-corrected chi connectivity index (χ0v) is 8.99. The van der Waals surface area contributed by atoms with E-state index in [1.165, 1.54) is 0 Å². The van der Waals surface area contributed by atoms with Gasteiger partial charge in [0.25, 0.3) is 5.91 Å². The van der Waals surface area contributed by atoms with Gasteiger partial charge in [-0.15, -0.1) is 0 Å². The molecule has 1 aromatic heterocycles. The summed E-state index contributed by atoms with van der Waals surface area (Å²) >= 11 is 0. The number of carbonyl (C=O) groups is 1. The molecule has 0 N–H and O–H groups in total. The van der Waals surface area contributed by atoms with Gasteiger partial charge in [0.1, 0.15) is 12.4 Å². The predicted molar refractivity (Wildman–Crippen MR) is 56.1 cm³/mol. The van der Waals surface area contributed by atoms with Crippen molar-refractivity contribution in [2.45, 2.75) is 13.3 Å². The average molecular weight is 206 g/mol. The van der Waals surface area contributed by atoms with Crippen LogP contribution in [0.25, 0.3) is 0 Å². The lowest BCUT2D eigenvalue weighted by molar-refractivity contribution is 0.0796. The summed E-state index contributed by atoms with van der Waals surface area (Å²) in [6.45, 7) is 3.19. The molecule has 0 unspecified atom stereocenters. The lowest BCUT2D eigenvalue weighted by Gasteiger charge is -2.11. The van der Waals surface area contributed by atoms with Crippen molar-refractivity contribution in [1.29, 1.82) is 0 Å². The van der Waals surface area contributed by atoms with Crippen molar-refractivity contribution in [3.05, 3.63) is 23.5 Å². The van der Waals surface area contributed by atoms with Crippen LogP contribution < -0.4 is 4.74 Å². The van der Waals surface area contributed by atoms with Gasteiger partial charge >= 0.3 is 0 Å². The number of nitrogens with zero attached hydrogens (tertiary/aromatic N) is 2. The quantitative estimate of drug-likeness (QED) is 0.691. The maximum atomic E-state index is 11.8. The van der Waals surface area contributed by atoms with Crippen LogP contribution in [0.15, 0.2) is 12.3 Å². The zero-order valence-electron chi connectivity index (χ0n) is 8.99. The van der Waals surface area contributed by atoms with E-state index in [0.717, 1.165) is 12.1 Å². The molecule has 80 valence electrons. The number of fused-ring (bicyclic) bond motifs is 1. The second kappa shape index (κ2) is 3.88.